The summed E-state index contributed by atoms with van der Waals surface area (Å²) in [6, 6.07) is 12.2. The van der Waals surface area contributed by atoms with Gasteiger partial charge in [0.25, 0.3) is 5.91 Å². The van der Waals surface area contributed by atoms with Gasteiger partial charge in [-0.2, -0.15) is 18.3 Å². The summed E-state index contributed by atoms with van der Waals surface area (Å²) in [6.45, 7) is 4.20. The van der Waals surface area contributed by atoms with Crippen molar-refractivity contribution in [3.05, 3.63) is 107 Å². The van der Waals surface area contributed by atoms with Crippen LogP contribution in [0.1, 0.15) is 38.3 Å². The Hall–Kier alpha value is -4.84. The molecule has 0 aliphatic carbocycles. The maximum atomic E-state index is 13.7. The molecule has 0 aliphatic rings. The Morgan fingerprint density at radius 2 is 1.74 bits per heavy atom. The maximum absolute atomic E-state index is 13.7. The molecule has 0 saturated carbocycles. The second-order valence-corrected chi connectivity index (χ2v) is 10.3. The molecule has 0 saturated heterocycles. The third-order valence-corrected chi connectivity index (χ3v) is 6.97. The van der Waals surface area contributed by atoms with E-state index < -0.39 is 17.6 Å². The van der Waals surface area contributed by atoms with Gasteiger partial charge in [0.2, 0.25) is 0 Å². The highest BCUT2D eigenvalue weighted by Crippen LogP contribution is 2.34. The average Bonchev–Trinajstić information content (AvgIpc) is 3.29. The lowest BCUT2D eigenvalue weighted by atomic mass is 10.1. The summed E-state index contributed by atoms with van der Waals surface area (Å²) < 4.78 is 42.9. The number of alkyl halides is 3. The zero-order valence-electron chi connectivity index (χ0n) is 24.7. The summed E-state index contributed by atoms with van der Waals surface area (Å²) in [7, 11) is 5.49. The number of hydrogen-bond acceptors (Lipinski definition) is 7. The summed E-state index contributed by atoms with van der Waals surface area (Å²) in [4.78, 5) is 17.3. The van der Waals surface area contributed by atoms with Crippen LogP contribution in [0.25, 0.3) is 5.70 Å². The van der Waals surface area contributed by atoms with E-state index >= 15 is 0 Å². The number of aromatic nitrogens is 3. The second-order valence-electron chi connectivity index (χ2n) is 10.3. The van der Waals surface area contributed by atoms with Gasteiger partial charge in [-0.05, 0) is 73.9 Å². The van der Waals surface area contributed by atoms with Gasteiger partial charge in [0.15, 0.2) is 0 Å². The number of nitrogens with two attached hydrogens (primary N) is 1. The Balaban J connectivity index is 1.59. The molecule has 2 heterocycles. The first-order chi connectivity index (χ1) is 20.3. The molecule has 0 fully saturated rings. The number of amides is 1. The fourth-order valence-electron chi connectivity index (χ4n) is 4.45. The maximum Gasteiger partial charge on any atom is 0.416 e. The van der Waals surface area contributed by atoms with Crippen LogP contribution in [0.15, 0.2) is 73.3 Å². The molecule has 0 radical (unpaired) electrons. The minimum absolute atomic E-state index is 0.0222. The molecule has 4 aromatic rings. The van der Waals surface area contributed by atoms with E-state index in [-0.39, 0.29) is 16.9 Å². The van der Waals surface area contributed by atoms with Crippen LogP contribution in [0.4, 0.5) is 30.2 Å². The lowest BCUT2D eigenvalue weighted by Gasteiger charge is -2.30. The van der Waals surface area contributed by atoms with Gasteiger partial charge in [-0.3, -0.25) is 19.5 Å². The number of halogens is 3. The van der Waals surface area contributed by atoms with Gasteiger partial charge in [-0.15, -0.1) is 0 Å². The standard InChI is InChI=1S/C31H35F3N8O/c1-20-6-7-23(14-29(20)42(40(3)4)19-28(35)27-18-38-41(5)21(27)2)30(43)39-26-16-24(31(32,33)34)15-25(17-26)37-13-10-22-8-11-36-12-9-22/h6-9,11-12,14-19,37H,10,13,35H2,1-5H3,(H,39,43)/b28-19-. The fourth-order valence-corrected chi connectivity index (χ4v) is 4.45. The summed E-state index contributed by atoms with van der Waals surface area (Å²) in [5.74, 6) is -0.554. The first kappa shape index (κ1) is 31.1. The van der Waals surface area contributed by atoms with E-state index in [0.29, 0.717) is 24.4 Å². The van der Waals surface area contributed by atoms with E-state index in [2.05, 4.69) is 20.7 Å². The predicted octanol–water partition coefficient (Wildman–Crippen LogP) is 5.60. The zero-order valence-corrected chi connectivity index (χ0v) is 24.7. The minimum atomic E-state index is -4.59. The first-order valence-electron chi connectivity index (χ1n) is 13.5. The Morgan fingerprint density at radius 1 is 1.05 bits per heavy atom. The number of nitrogens with zero attached hydrogens (tertiary/aromatic N) is 5. The second kappa shape index (κ2) is 13.0. The van der Waals surface area contributed by atoms with Gasteiger partial charge in [0.05, 0.1) is 23.1 Å². The molecule has 2 aromatic carbocycles. The number of pyridine rings is 1. The molecule has 4 N–H and O–H groups in total. The van der Waals surface area contributed by atoms with E-state index in [0.717, 1.165) is 34.5 Å². The molecule has 0 atom stereocenters. The molecule has 43 heavy (non-hydrogen) atoms. The van der Waals surface area contributed by atoms with Gasteiger partial charge in [0, 0.05) is 74.5 Å². The number of nitrogens with one attached hydrogen (secondary N) is 2. The third kappa shape index (κ3) is 7.72. The number of carbonyl (C=O) groups is 1. The summed E-state index contributed by atoms with van der Waals surface area (Å²) in [5.41, 5.74) is 10.8. The average molecular weight is 593 g/mol. The van der Waals surface area contributed by atoms with E-state index in [4.69, 9.17) is 5.73 Å². The van der Waals surface area contributed by atoms with E-state index in [9.17, 15) is 18.0 Å². The normalized spacial score (nSPS) is 12.0. The van der Waals surface area contributed by atoms with Crippen molar-refractivity contribution in [3.63, 3.8) is 0 Å². The molecule has 9 nitrogen and oxygen atoms in total. The summed E-state index contributed by atoms with van der Waals surface area (Å²) in [6.07, 6.45) is 2.75. The van der Waals surface area contributed by atoms with Crippen molar-refractivity contribution >= 4 is 28.7 Å². The number of anilines is 3. The highest BCUT2D eigenvalue weighted by atomic mass is 19.4. The molecule has 1 amide bonds. The van der Waals surface area contributed by atoms with Gasteiger partial charge in [-0.1, -0.05) is 6.07 Å². The molecule has 12 heteroatoms. The van der Waals surface area contributed by atoms with Crippen LogP contribution in [0, 0.1) is 13.8 Å². The van der Waals surface area contributed by atoms with Crippen LogP contribution in [0.5, 0.6) is 0 Å². The SMILES string of the molecule is Cc1ccc(C(=O)Nc2cc(NCCc3ccncc3)cc(C(F)(F)F)c2)cc1N(/C=C(\N)c1cnn(C)c1C)N(C)C. The molecular formula is C31H35F3N8O. The van der Waals surface area contributed by atoms with Crippen molar-refractivity contribution < 1.29 is 18.0 Å². The number of benzene rings is 2. The van der Waals surface area contributed by atoms with Crippen LogP contribution in [-0.2, 0) is 19.6 Å². The number of rotatable bonds is 10. The Morgan fingerprint density at radius 3 is 2.37 bits per heavy atom. The predicted molar refractivity (Wildman–Crippen MR) is 163 cm³/mol. The molecule has 2 aromatic heterocycles. The lowest BCUT2D eigenvalue weighted by molar-refractivity contribution is -0.137. The quantitative estimate of drug-likeness (QED) is 0.206. The first-order valence-corrected chi connectivity index (χ1v) is 13.5. The zero-order chi connectivity index (χ0) is 31.3. The van der Waals surface area contributed by atoms with Crippen molar-refractivity contribution in [1.82, 2.24) is 19.8 Å². The molecular weight excluding hydrogens is 557 g/mol. The topological polar surface area (TPSA) is 104 Å². The molecule has 0 spiro atoms. The third-order valence-electron chi connectivity index (χ3n) is 6.97. The monoisotopic (exact) mass is 592 g/mol. The largest absolute Gasteiger partial charge is 0.416 e. The van der Waals surface area contributed by atoms with Gasteiger partial charge in [0.1, 0.15) is 0 Å². The van der Waals surface area contributed by atoms with Crippen LogP contribution >= 0.6 is 0 Å². The van der Waals surface area contributed by atoms with Crippen molar-refractivity contribution in [3.8, 4) is 0 Å². The molecule has 0 aliphatic heterocycles. The molecule has 0 unspecified atom stereocenters. The number of hydrazine groups is 1. The van der Waals surface area contributed by atoms with Gasteiger partial charge in [-0.25, -0.2) is 5.01 Å². The van der Waals surface area contributed by atoms with Gasteiger partial charge >= 0.3 is 6.18 Å². The Labute approximate surface area is 248 Å². The van der Waals surface area contributed by atoms with Crippen LogP contribution in [0.2, 0.25) is 0 Å². The number of hydrogen-bond donors (Lipinski definition) is 3. The van der Waals surface area contributed by atoms with Crippen molar-refractivity contribution in [2.45, 2.75) is 26.4 Å². The van der Waals surface area contributed by atoms with Gasteiger partial charge < -0.3 is 16.4 Å². The Bertz CT molecular complexity index is 1610. The minimum Gasteiger partial charge on any atom is -0.397 e. The molecule has 4 rings (SSSR count). The molecule has 226 valence electrons. The highest BCUT2D eigenvalue weighted by molar-refractivity contribution is 6.05. The Kier molecular flexibility index (Phi) is 9.40. The number of aryl methyl sites for hydroxylation is 2. The number of carbonyl (C=O) groups excluding carboxylic acids is 1. The highest BCUT2D eigenvalue weighted by Gasteiger charge is 2.31. The van der Waals surface area contributed by atoms with E-state index in [1.807, 2.05) is 47.1 Å². The van der Waals surface area contributed by atoms with Crippen molar-refractivity contribution in [2.75, 3.05) is 36.3 Å². The fraction of sp³-hybridized carbons (Fsp3) is 0.258. The lowest BCUT2D eigenvalue weighted by Crippen LogP contribution is -2.33. The van der Waals surface area contributed by atoms with E-state index in [1.165, 1.54) is 6.07 Å². The van der Waals surface area contributed by atoms with E-state index in [1.54, 1.807) is 57.7 Å². The van der Waals surface area contributed by atoms with Crippen LogP contribution < -0.4 is 21.4 Å². The smallest absolute Gasteiger partial charge is 0.397 e. The van der Waals surface area contributed by atoms with Crippen LogP contribution in [0.3, 0.4) is 0 Å². The molecule has 0 bridgehead atoms. The van der Waals surface area contributed by atoms with Crippen LogP contribution in [-0.4, -0.2) is 46.3 Å². The van der Waals surface area contributed by atoms with Crippen molar-refractivity contribution in [1.29, 1.82) is 0 Å². The van der Waals surface area contributed by atoms with Crippen molar-refractivity contribution in [2.24, 2.45) is 12.8 Å². The summed E-state index contributed by atoms with van der Waals surface area (Å²) >= 11 is 0. The summed E-state index contributed by atoms with van der Waals surface area (Å²) in [5, 5.41) is 13.5.